The molecular weight excluding hydrogens is 280 g/mol. The minimum Gasteiger partial charge on any atom is -0.313 e. The smallest absolute Gasteiger partial charge is 0.215 e. The van der Waals surface area contributed by atoms with Crippen LogP contribution in [0, 0.1) is 0 Å². The molecule has 0 aromatic carbocycles. The van der Waals surface area contributed by atoms with Gasteiger partial charge in [0.25, 0.3) is 0 Å². The third kappa shape index (κ3) is 5.61. The van der Waals surface area contributed by atoms with Crippen LogP contribution in [-0.4, -0.2) is 43.8 Å². The van der Waals surface area contributed by atoms with E-state index in [9.17, 15) is 8.42 Å². The van der Waals surface area contributed by atoms with Crippen molar-refractivity contribution >= 4 is 21.8 Å². The van der Waals surface area contributed by atoms with Crippen LogP contribution in [0.3, 0.4) is 0 Å². The first-order valence-electron chi connectivity index (χ1n) is 7.14. The van der Waals surface area contributed by atoms with Crippen molar-refractivity contribution in [2.45, 2.75) is 69.0 Å². The molecule has 1 aliphatic rings. The lowest BCUT2D eigenvalue weighted by Gasteiger charge is -2.31. The van der Waals surface area contributed by atoms with Crippen LogP contribution in [0.25, 0.3) is 0 Å². The molecule has 0 aromatic rings. The van der Waals surface area contributed by atoms with Crippen molar-refractivity contribution in [2.75, 3.05) is 12.8 Å². The minimum atomic E-state index is -3.22. The summed E-state index contributed by atoms with van der Waals surface area (Å²) in [4.78, 5) is 0. The lowest BCUT2D eigenvalue weighted by molar-refractivity contribution is 0.420. The minimum absolute atomic E-state index is 0.107. The highest BCUT2D eigenvalue weighted by atomic mass is 32.2. The van der Waals surface area contributed by atoms with E-state index in [1.165, 1.54) is 6.42 Å². The Hall–Kier alpha value is 0.220. The molecule has 1 saturated carbocycles. The summed E-state index contributed by atoms with van der Waals surface area (Å²) >= 11 is 1.78. The van der Waals surface area contributed by atoms with E-state index in [2.05, 4.69) is 16.3 Å². The van der Waals surface area contributed by atoms with Gasteiger partial charge in [0, 0.05) is 23.9 Å². The van der Waals surface area contributed by atoms with Gasteiger partial charge in [0.15, 0.2) is 0 Å². The monoisotopic (exact) mass is 308 g/mol. The van der Waals surface area contributed by atoms with Gasteiger partial charge in [-0.3, -0.25) is 0 Å². The van der Waals surface area contributed by atoms with Crippen LogP contribution in [0.15, 0.2) is 0 Å². The molecule has 1 rings (SSSR count). The van der Waals surface area contributed by atoms with Gasteiger partial charge in [-0.15, -0.1) is 0 Å². The number of hydrogen-bond acceptors (Lipinski definition) is 4. The molecular formula is C13H28N2O2S2. The molecule has 6 heteroatoms. The van der Waals surface area contributed by atoms with Crippen LogP contribution in [-0.2, 0) is 10.0 Å². The van der Waals surface area contributed by atoms with Gasteiger partial charge >= 0.3 is 0 Å². The normalized spacial score (nSPS) is 26.6. The molecule has 0 saturated heterocycles. The van der Waals surface area contributed by atoms with Gasteiger partial charge in [0.05, 0.1) is 5.25 Å². The number of hydrogen-bond donors (Lipinski definition) is 2. The summed E-state index contributed by atoms with van der Waals surface area (Å²) < 4.78 is 27.6. The lowest BCUT2D eigenvalue weighted by atomic mass is 9.96. The van der Waals surface area contributed by atoms with Gasteiger partial charge < -0.3 is 5.32 Å². The van der Waals surface area contributed by atoms with E-state index in [0.29, 0.717) is 17.8 Å². The molecule has 3 atom stereocenters. The van der Waals surface area contributed by atoms with Crippen molar-refractivity contribution in [1.29, 1.82) is 0 Å². The zero-order chi connectivity index (χ0) is 14.5. The quantitative estimate of drug-likeness (QED) is 0.755. The number of sulfonamides is 1. The molecule has 3 unspecified atom stereocenters. The third-order valence-corrected chi connectivity index (χ3v) is 6.69. The zero-order valence-corrected chi connectivity index (χ0v) is 14.1. The fourth-order valence-corrected chi connectivity index (χ4v) is 4.63. The highest BCUT2D eigenvalue weighted by molar-refractivity contribution is 7.99. The molecule has 0 bridgehead atoms. The van der Waals surface area contributed by atoms with E-state index < -0.39 is 10.0 Å². The molecule has 114 valence electrons. The molecule has 4 nitrogen and oxygen atoms in total. The van der Waals surface area contributed by atoms with Crippen LogP contribution in [0.1, 0.15) is 46.5 Å². The summed E-state index contributed by atoms with van der Waals surface area (Å²) in [6, 6.07) is 0.418. The summed E-state index contributed by atoms with van der Waals surface area (Å²) in [7, 11) is -3.22. The van der Waals surface area contributed by atoms with Crippen LogP contribution in [0.4, 0.5) is 0 Å². The maximum absolute atomic E-state index is 12.3. The average molecular weight is 309 g/mol. The lowest BCUT2D eigenvalue weighted by Crippen LogP contribution is -2.49. The van der Waals surface area contributed by atoms with E-state index in [0.717, 1.165) is 19.3 Å². The Morgan fingerprint density at radius 2 is 1.84 bits per heavy atom. The molecule has 0 spiro atoms. The Bertz CT molecular complexity index is 358. The van der Waals surface area contributed by atoms with Crippen LogP contribution < -0.4 is 10.0 Å². The van der Waals surface area contributed by atoms with E-state index in [-0.39, 0.29) is 11.3 Å². The molecule has 2 N–H and O–H groups in total. The second kappa shape index (κ2) is 7.86. The largest absolute Gasteiger partial charge is 0.313 e. The Morgan fingerprint density at radius 1 is 1.21 bits per heavy atom. The third-order valence-electron chi connectivity index (χ3n) is 3.66. The Labute approximate surface area is 122 Å². The van der Waals surface area contributed by atoms with Crippen molar-refractivity contribution < 1.29 is 8.42 Å². The van der Waals surface area contributed by atoms with Gasteiger partial charge in [-0.1, -0.05) is 26.7 Å². The molecule has 0 amide bonds. The van der Waals surface area contributed by atoms with Gasteiger partial charge in [-0.25, -0.2) is 13.1 Å². The first kappa shape index (κ1) is 17.3. The first-order valence-corrected chi connectivity index (χ1v) is 9.97. The van der Waals surface area contributed by atoms with Gasteiger partial charge in [0.2, 0.25) is 10.0 Å². The fourth-order valence-electron chi connectivity index (χ4n) is 2.35. The van der Waals surface area contributed by atoms with Gasteiger partial charge in [-0.05, 0) is 26.0 Å². The van der Waals surface area contributed by atoms with E-state index in [1.54, 1.807) is 18.7 Å². The van der Waals surface area contributed by atoms with E-state index in [4.69, 9.17) is 0 Å². The summed E-state index contributed by atoms with van der Waals surface area (Å²) in [5.74, 6) is 0. The summed E-state index contributed by atoms with van der Waals surface area (Å²) in [5.41, 5.74) is 0. The zero-order valence-electron chi connectivity index (χ0n) is 12.5. The van der Waals surface area contributed by atoms with Crippen molar-refractivity contribution in [3.05, 3.63) is 0 Å². The standard InChI is InChI=1S/C13H28N2O2S2/c1-10(2)14-9-11(3)19(16,17)15-12-7-5-6-8-13(12)18-4/h10-15H,5-9H2,1-4H3. The molecule has 1 fully saturated rings. The highest BCUT2D eigenvalue weighted by Crippen LogP contribution is 2.27. The number of thioether (sulfide) groups is 1. The molecule has 1 aliphatic carbocycles. The Morgan fingerprint density at radius 3 is 2.42 bits per heavy atom. The van der Waals surface area contributed by atoms with E-state index in [1.807, 2.05) is 13.8 Å². The summed E-state index contributed by atoms with van der Waals surface area (Å²) in [6.45, 7) is 6.33. The van der Waals surface area contributed by atoms with Crippen molar-refractivity contribution in [3.8, 4) is 0 Å². The maximum atomic E-state index is 12.3. The van der Waals surface area contributed by atoms with Crippen LogP contribution >= 0.6 is 11.8 Å². The molecule has 0 aliphatic heterocycles. The molecule has 0 heterocycles. The Balaban J connectivity index is 2.56. The number of rotatable bonds is 7. The van der Waals surface area contributed by atoms with Gasteiger partial charge in [0.1, 0.15) is 0 Å². The average Bonchev–Trinajstić information content (AvgIpc) is 2.36. The Kier molecular flexibility index (Phi) is 7.14. The van der Waals surface area contributed by atoms with Crippen molar-refractivity contribution in [2.24, 2.45) is 0 Å². The summed E-state index contributed by atoms with van der Waals surface area (Å²) in [6.07, 6.45) is 6.50. The highest BCUT2D eigenvalue weighted by Gasteiger charge is 2.30. The van der Waals surface area contributed by atoms with E-state index >= 15 is 0 Å². The number of nitrogens with one attached hydrogen (secondary N) is 2. The maximum Gasteiger partial charge on any atom is 0.215 e. The fraction of sp³-hybridized carbons (Fsp3) is 1.00. The second-order valence-electron chi connectivity index (χ2n) is 5.70. The predicted molar refractivity (Wildman–Crippen MR) is 84.2 cm³/mol. The SMILES string of the molecule is CSC1CCCCC1NS(=O)(=O)C(C)CNC(C)C. The van der Waals surface area contributed by atoms with Crippen LogP contribution in [0.5, 0.6) is 0 Å². The first-order chi connectivity index (χ1) is 8.86. The molecule has 0 aromatic heterocycles. The summed E-state index contributed by atoms with van der Waals surface area (Å²) in [5, 5.41) is 3.22. The van der Waals surface area contributed by atoms with Crippen molar-refractivity contribution in [3.63, 3.8) is 0 Å². The predicted octanol–water partition coefficient (Wildman–Crippen LogP) is 1.97. The molecule has 0 radical (unpaired) electrons. The van der Waals surface area contributed by atoms with Crippen LogP contribution in [0.2, 0.25) is 0 Å². The van der Waals surface area contributed by atoms with Gasteiger partial charge in [-0.2, -0.15) is 11.8 Å². The topological polar surface area (TPSA) is 58.2 Å². The second-order valence-corrected chi connectivity index (χ2v) is 8.91. The van der Waals surface area contributed by atoms with Crippen molar-refractivity contribution in [1.82, 2.24) is 10.0 Å². The molecule has 19 heavy (non-hydrogen) atoms.